The number of aromatic nitrogens is 1. The van der Waals surface area contributed by atoms with Crippen LogP contribution >= 0.6 is 15.9 Å². The average Bonchev–Trinajstić information content (AvgIpc) is 2.47. The fraction of sp³-hybridized carbons (Fsp3) is 0. The summed E-state index contributed by atoms with van der Waals surface area (Å²) in [6.45, 7) is 0. The molecule has 0 fully saturated rings. The first-order chi connectivity index (χ1) is 6.59. The zero-order valence-electron chi connectivity index (χ0n) is 6.84. The van der Waals surface area contributed by atoms with Crippen molar-refractivity contribution in [1.82, 2.24) is 4.98 Å². The molecule has 1 heterocycles. The molecule has 0 amide bonds. The van der Waals surface area contributed by atoms with Crippen molar-refractivity contribution in [2.24, 2.45) is 0 Å². The van der Waals surface area contributed by atoms with Crippen molar-refractivity contribution >= 4 is 32.8 Å². The van der Waals surface area contributed by atoms with Gasteiger partial charge in [-0.2, -0.15) is 0 Å². The summed E-state index contributed by atoms with van der Waals surface area (Å²) < 4.78 is 14.0. The molecule has 0 spiro atoms. The zero-order valence-corrected chi connectivity index (χ0v) is 8.43. The highest BCUT2D eigenvalue weighted by Gasteiger charge is 2.14. The summed E-state index contributed by atoms with van der Waals surface area (Å²) in [6.07, 6.45) is 1.28. The van der Waals surface area contributed by atoms with E-state index in [0.717, 1.165) is 0 Å². The van der Waals surface area contributed by atoms with E-state index in [-0.39, 0.29) is 10.9 Å². The molecule has 72 valence electrons. The molecule has 0 aliphatic rings. The van der Waals surface area contributed by atoms with Gasteiger partial charge in [-0.15, -0.1) is 0 Å². The van der Waals surface area contributed by atoms with E-state index in [0.29, 0.717) is 9.99 Å². The van der Waals surface area contributed by atoms with Crippen LogP contribution < -0.4 is 0 Å². The van der Waals surface area contributed by atoms with Gasteiger partial charge in [-0.25, -0.2) is 9.18 Å². The quantitative estimate of drug-likeness (QED) is 0.826. The van der Waals surface area contributed by atoms with Crippen LogP contribution in [0.4, 0.5) is 4.39 Å². The predicted octanol–water partition coefficient (Wildman–Crippen LogP) is 2.77. The number of aromatic carboxylic acids is 1. The van der Waals surface area contributed by atoms with E-state index in [4.69, 9.17) is 5.11 Å². The number of carboxylic acids is 1. The molecular formula is C9H5BrFNO2. The number of halogens is 2. The van der Waals surface area contributed by atoms with E-state index in [1.54, 1.807) is 6.07 Å². The first-order valence-corrected chi connectivity index (χ1v) is 4.58. The Kier molecular flexibility index (Phi) is 2.03. The van der Waals surface area contributed by atoms with Gasteiger partial charge >= 0.3 is 5.97 Å². The number of aromatic amines is 1. The van der Waals surface area contributed by atoms with Gasteiger partial charge in [-0.1, -0.05) is 15.9 Å². The van der Waals surface area contributed by atoms with Gasteiger partial charge in [0, 0.05) is 16.1 Å². The van der Waals surface area contributed by atoms with Crippen LogP contribution in [0, 0.1) is 5.82 Å². The molecule has 1 aromatic carbocycles. The molecule has 0 atom stereocenters. The summed E-state index contributed by atoms with van der Waals surface area (Å²) in [5.41, 5.74) is 0.416. The van der Waals surface area contributed by atoms with Gasteiger partial charge in [-0.3, -0.25) is 0 Å². The lowest BCUT2D eigenvalue weighted by molar-refractivity contribution is 0.0699. The minimum absolute atomic E-state index is 0.0509. The Morgan fingerprint density at radius 2 is 2.21 bits per heavy atom. The van der Waals surface area contributed by atoms with Gasteiger partial charge in [0.25, 0.3) is 0 Å². The highest BCUT2D eigenvalue weighted by atomic mass is 79.9. The average molecular weight is 258 g/mol. The van der Waals surface area contributed by atoms with Crippen LogP contribution in [0.5, 0.6) is 0 Å². The second-order valence-electron chi connectivity index (χ2n) is 2.82. The van der Waals surface area contributed by atoms with Gasteiger partial charge in [-0.05, 0) is 12.1 Å². The summed E-state index contributed by atoms with van der Waals surface area (Å²) >= 11 is 3.12. The molecule has 0 aliphatic heterocycles. The lowest BCUT2D eigenvalue weighted by atomic mass is 10.1. The molecule has 2 rings (SSSR count). The van der Waals surface area contributed by atoms with Crippen molar-refractivity contribution in [2.75, 3.05) is 0 Å². The molecule has 0 saturated carbocycles. The number of hydrogen-bond acceptors (Lipinski definition) is 1. The number of H-pyrrole nitrogens is 1. The molecule has 0 aliphatic carbocycles. The standard InChI is InChI=1S/C9H5BrFNO2/c10-4-1-6(11)8-5(9(13)14)3-12-7(8)2-4/h1-3,12H,(H,13,14). The predicted molar refractivity (Wildman–Crippen MR) is 52.9 cm³/mol. The fourth-order valence-corrected chi connectivity index (χ4v) is 1.78. The maximum absolute atomic E-state index is 13.4. The van der Waals surface area contributed by atoms with Crippen LogP contribution in [-0.4, -0.2) is 16.1 Å². The van der Waals surface area contributed by atoms with Crippen LogP contribution in [0.1, 0.15) is 10.4 Å². The number of hydrogen-bond donors (Lipinski definition) is 2. The summed E-state index contributed by atoms with van der Waals surface area (Å²) in [6, 6.07) is 2.87. The molecule has 5 heteroatoms. The third-order valence-electron chi connectivity index (χ3n) is 1.93. The number of carbonyl (C=O) groups is 1. The van der Waals surface area contributed by atoms with Crippen molar-refractivity contribution in [3.63, 3.8) is 0 Å². The SMILES string of the molecule is O=C(O)c1c[nH]c2cc(Br)cc(F)c12. The van der Waals surface area contributed by atoms with E-state index in [2.05, 4.69) is 20.9 Å². The topological polar surface area (TPSA) is 53.1 Å². The Morgan fingerprint density at radius 1 is 1.50 bits per heavy atom. The second-order valence-corrected chi connectivity index (χ2v) is 3.73. The normalized spacial score (nSPS) is 10.7. The molecule has 0 radical (unpaired) electrons. The molecule has 0 saturated heterocycles. The fourth-order valence-electron chi connectivity index (χ4n) is 1.35. The van der Waals surface area contributed by atoms with Crippen molar-refractivity contribution in [3.8, 4) is 0 Å². The zero-order chi connectivity index (χ0) is 10.3. The minimum atomic E-state index is -1.14. The molecule has 1 aromatic heterocycles. The summed E-state index contributed by atoms with van der Waals surface area (Å²) in [4.78, 5) is 13.4. The second kappa shape index (κ2) is 3.09. The molecule has 14 heavy (non-hydrogen) atoms. The van der Waals surface area contributed by atoms with Gasteiger partial charge < -0.3 is 10.1 Å². The third-order valence-corrected chi connectivity index (χ3v) is 2.38. The van der Waals surface area contributed by atoms with E-state index in [1.165, 1.54) is 12.3 Å². The van der Waals surface area contributed by atoms with Crippen LogP contribution in [0.2, 0.25) is 0 Å². The Labute approximate surface area is 86.7 Å². The van der Waals surface area contributed by atoms with E-state index >= 15 is 0 Å². The summed E-state index contributed by atoms with van der Waals surface area (Å²) in [5.74, 6) is -1.69. The highest BCUT2D eigenvalue weighted by Crippen LogP contribution is 2.25. The molecule has 2 aromatic rings. The van der Waals surface area contributed by atoms with Gasteiger partial charge in [0.1, 0.15) is 5.82 Å². The van der Waals surface area contributed by atoms with Crippen molar-refractivity contribution < 1.29 is 14.3 Å². The first-order valence-electron chi connectivity index (χ1n) is 3.79. The van der Waals surface area contributed by atoms with Gasteiger partial charge in [0.15, 0.2) is 0 Å². The van der Waals surface area contributed by atoms with Crippen LogP contribution in [0.15, 0.2) is 22.8 Å². The van der Waals surface area contributed by atoms with E-state index in [9.17, 15) is 9.18 Å². The molecule has 0 unspecified atom stereocenters. The largest absolute Gasteiger partial charge is 0.478 e. The molecule has 3 nitrogen and oxygen atoms in total. The van der Waals surface area contributed by atoms with Crippen LogP contribution in [-0.2, 0) is 0 Å². The van der Waals surface area contributed by atoms with Crippen molar-refractivity contribution in [3.05, 3.63) is 34.2 Å². The Bertz CT molecular complexity index is 521. The highest BCUT2D eigenvalue weighted by molar-refractivity contribution is 9.10. The van der Waals surface area contributed by atoms with Gasteiger partial charge in [0.05, 0.1) is 11.1 Å². The van der Waals surface area contributed by atoms with Crippen molar-refractivity contribution in [1.29, 1.82) is 0 Å². The van der Waals surface area contributed by atoms with Gasteiger partial charge in [0.2, 0.25) is 0 Å². The summed E-state index contributed by atoms with van der Waals surface area (Å²) in [5, 5.41) is 8.88. The van der Waals surface area contributed by atoms with Crippen molar-refractivity contribution in [2.45, 2.75) is 0 Å². The number of benzene rings is 1. The van der Waals surface area contributed by atoms with E-state index in [1.807, 2.05) is 0 Å². The number of fused-ring (bicyclic) bond motifs is 1. The smallest absolute Gasteiger partial charge is 0.337 e. The van der Waals surface area contributed by atoms with Crippen LogP contribution in [0.3, 0.4) is 0 Å². The lowest BCUT2D eigenvalue weighted by Gasteiger charge is -1.96. The summed E-state index contributed by atoms with van der Waals surface area (Å²) in [7, 11) is 0. The first kappa shape index (κ1) is 9.21. The Balaban J connectivity index is 2.85. The monoisotopic (exact) mass is 257 g/mol. The minimum Gasteiger partial charge on any atom is -0.478 e. The lowest BCUT2D eigenvalue weighted by Crippen LogP contribution is -1.95. The van der Waals surface area contributed by atoms with E-state index < -0.39 is 11.8 Å². The molecule has 2 N–H and O–H groups in total. The number of carboxylic acid groups (broad SMARTS) is 1. The maximum Gasteiger partial charge on any atom is 0.337 e. The third kappa shape index (κ3) is 1.29. The maximum atomic E-state index is 13.4. The molecular weight excluding hydrogens is 253 g/mol. The number of rotatable bonds is 1. The number of nitrogens with one attached hydrogen (secondary N) is 1. The Morgan fingerprint density at radius 3 is 2.86 bits per heavy atom. The van der Waals surface area contributed by atoms with Crippen LogP contribution in [0.25, 0.3) is 10.9 Å². The Hall–Kier alpha value is -1.36. The molecule has 0 bridgehead atoms.